The summed E-state index contributed by atoms with van der Waals surface area (Å²) in [5.74, 6) is -0.551. The predicted octanol–water partition coefficient (Wildman–Crippen LogP) is 2.09. The van der Waals surface area contributed by atoms with E-state index in [1.165, 1.54) is 61.1 Å². The van der Waals surface area contributed by atoms with E-state index < -0.39 is 12.1 Å². The van der Waals surface area contributed by atoms with Crippen molar-refractivity contribution in [3.8, 4) is 0 Å². The zero-order chi connectivity index (χ0) is 32.2. The van der Waals surface area contributed by atoms with Crippen molar-refractivity contribution in [2.75, 3.05) is 67.5 Å². The van der Waals surface area contributed by atoms with Gasteiger partial charge in [-0.1, -0.05) is 121 Å². The van der Waals surface area contributed by atoms with Crippen molar-refractivity contribution in [3.05, 3.63) is 127 Å². The molecule has 4 aromatic rings. The summed E-state index contributed by atoms with van der Waals surface area (Å²) in [6, 6.07) is 43.5. The Morgan fingerprint density at radius 1 is 0.556 bits per heavy atom. The van der Waals surface area contributed by atoms with Crippen LogP contribution < -0.4 is 27.3 Å². The molecule has 1 aliphatic rings. The molecule has 0 bridgehead atoms. The minimum atomic E-state index is -1.22. The molecule has 7 nitrogen and oxygen atoms in total. The molecule has 1 aliphatic heterocycles. The van der Waals surface area contributed by atoms with E-state index >= 15 is 0 Å². The van der Waals surface area contributed by atoms with Crippen molar-refractivity contribution in [3.63, 3.8) is 0 Å². The number of nitrogens with zero attached hydrogens (tertiary/aromatic N) is 3. The van der Waals surface area contributed by atoms with Crippen LogP contribution in [0.5, 0.6) is 0 Å². The summed E-state index contributed by atoms with van der Waals surface area (Å²) in [6.07, 6.45) is -1.22. The number of hydrogen-bond donors (Lipinski definition) is 2. The smallest absolute Gasteiger partial charge is 0.759 e. The van der Waals surface area contributed by atoms with Gasteiger partial charge in [0, 0.05) is 53.3 Å². The third-order valence-electron chi connectivity index (χ3n) is 7.93. The maximum atomic E-state index is 9.39. The van der Waals surface area contributed by atoms with Gasteiger partial charge in [-0.2, -0.15) is 21.9 Å². The summed E-state index contributed by atoms with van der Waals surface area (Å²) in [7, 11) is 7.60. The van der Waals surface area contributed by atoms with Gasteiger partial charge in [0.2, 0.25) is 5.91 Å². The van der Waals surface area contributed by atoms with Gasteiger partial charge in [0.15, 0.2) is 0 Å². The van der Waals surface area contributed by atoms with Crippen LogP contribution in [-0.4, -0.2) is 99.4 Å². The summed E-state index contributed by atoms with van der Waals surface area (Å²) >= 11 is 0. The minimum Gasteiger partial charge on any atom is -0.759 e. The Morgan fingerprint density at radius 3 is 0.889 bits per heavy atom. The first-order valence-electron chi connectivity index (χ1n) is 15.1. The number of amides is 1. The van der Waals surface area contributed by atoms with Crippen molar-refractivity contribution < 1.29 is 29.4 Å². The average molecular weight is 662 g/mol. The molecule has 1 heterocycles. The minimum absolute atomic E-state index is 0. The van der Waals surface area contributed by atoms with Crippen LogP contribution in [0.2, 0.25) is 0 Å². The molecule has 1 fully saturated rings. The van der Waals surface area contributed by atoms with E-state index in [0.29, 0.717) is 0 Å². The summed E-state index contributed by atoms with van der Waals surface area (Å²) in [5, 5.41) is 16.0. The Kier molecular flexibility index (Phi) is 19.8. The second-order valence-corrected chi connectivity index (χ2v) is 11.1. The SMILES string of the molecule is CC(=O)N[O-].CN1CCN(C)CCN(C)CC1.CO.[Zn+2].c1ccc([B-](c2ccccc2)(c2ccccc2)c2ccccc2)cc1. The number of aliphatic hydroxyl groups is 1. The topological polar surface area (TPSA) is 82.1 Å². The third-order valence-corrected chi connectivity index (χ3v) is 7.93. The van der Waals surface area contributed by atoms with Gasteiger partial charge in [-0.25, -0.2) is 0 Å². The first-order chi connectivity index (χ1) is 21.4. The first-order valence-corrected chi connectivity index (χ1v) is 15.1. The molecule has 0 saturated carbocycles. The maximum absolute atomic E-state index is 9.39. The molecule has 1 saturated heterocycles. The molecule has 0 atom stereocenters. The number of likely N-dealkylation sites (N-methyl/N-ethyl adjacent to an activating group) is 3. The summed E-state index contributed by atoms with van der Waals surface area (Å²) in [5.41, 5.74) is 6.49. The van der Waals surface area contributed by atoms with Gasteiger partial charge in [-0.15, -0.1) is 0 Å². The Balaban J connectivity index is 0.000000425. The second-order valence-electron chi connectivity index (χ2n) is 11.1. The van der Waals surface area contributed by atoms with Crippen LogP contribution >= 0.6 is 0 Å². The zero-order valence-corrected chi connectivity index (χ0v) is 30.6. The molecule has 0 spiro atoms. The molecule has 236 valence electrons. The van der Waals surface area contributed by atoms with Crippen molar-refractivity contribution >= 4 is 33.9 Å². The van der Waals surface area contributed by atoms with E-state index in [-0.39, 0.29) is 19.5 Å². The molecule has 45 heavy (non-hydrogen) atoms. The molecule has 0 unspecified atom stereocenters. The van der Waals surface area contributed by atoms with Gasteiger partial charge in [0.25, 0.3) is 0 Å². The van der Waals surface area contributed by atoms with Crippen molar-refractivity contribution in [2.24, 2.45) is 0 Å². The van der Waals surface area contributed by atoms with Gasteiger partial charge < -0.3 is 30.5 Å². The van der Waals surface area contributed by atoms with Gasteiger partial charge >= 0.3 is 19.5 Å². The molecule has 9 heteroatoms. The standard InChI is InChI=1S/C24H20B.C9H21N3.C2H4NO2.CH4O.Zn/c1-5-13-21(14-6-1)25(22-15-7-2-8-16-22,23-17-9-3-10-18-23)24-19-11-4-12-20-24;1-10-4-6-11(2)8-9-12(3)7-5-10;1-2(4)3-5;1-2;/h1-20H;4-9H2,1-3H3;1H3,(H-,3,4,5);2H,1H3;/q-1;;-1;;+2. The van der Waals surface area contributed by atoms with Gasteiger partial charge in [-0.05, 0) is 21.1 Å². The monoisotopic (exact) mass is 660 g/mol. The van der Waals surface area contributed by atoms with Crippen molar-refractivity contribution in [1.82, 2.24) is 20.2 Å². The fraction of sp³-hybridized carbons (Fsp3) is 0.306. The molecule has 5 rings (SSSR count). The number of carbonyl (C=O) groups excluding carboxylic acids is 1. The summed E-state index contributed by atoms with van der Waals surface area (Å²) in [6.45, 7) is 8.35. The summed E-state index contributed by atoms with van der Waals surface area (Å²) < 4.78 is 0. The normalized spacial score (nSPS) is 14.1. The number of benzene rings is 4. The Bertz CT molecular complexity index is 1110. The van der Waals surface area contributed by atoms with Crippen LogP contribution in [0.15, 0.2) is 121 Å². The van der Waals surface area contributed by atoms with Crippen LogP contribution in [0.1, 0.15) is 6.92 Å². The van der Waals surface area contributed by atoms with Crippen LogP contribution in [-0.2, 0) is 24.3 Å². The van der Waals surface area contributed by atoms with E-state index in [1.807, 2.05) is 0 Å². The van der Waals surface area contributed by atoms with E-state index in [1.54, 1.807) is 0 Å². The predicted molar refractivity (Wildman–Crippen MR) is 188 cm³/mol. The van der Waals surface area contributed by atoms with Crippen molar-refractivity contribution in [1.29, 1.82) is 0 Å². The number of carbonyl (C=O) groups is 1. The van der Waals surface area contributed by atoms with Gasteiger partial charge in [0.1, 0.15) is 6.15 Å². The zero-order valence-electron chi connectivity index (χ0n) is 27.7. The quantitative estimate of drug-likeness (QED) is 0.258. The van der Waals surface area contributed by atoms with Gasteiger partial charge in [0.05, 0.1) is 0 Å². The Morgan fingerprint density at radius 2 is 0.733 bits per heavy atom. The van der Waals surface area contributed by atoms with Crippen LogP contribution in [0.4, 0.5) is 0 Å². The van der Waals surface area contributed by atoms with Crippen LogP contribution in [0.25, 0.3) is 0 Å². The fourth-order valence-corrected chi connectivity index (χ4v) is 5.48. The molecule has 2 N–H and O–H groups in total. The Labute approximate surface area is 283 Å². The summed E-state index contributed by atoms with van der Waals surface area (Å²) in [4.78, 5) is 16.6. The van der Waals surface area contributed by atoms with Crippen LogP contribution in [0.3, 0.4) is 0 Å². The molecular formula is C36H49BN4O3Zn. The molecule has 0 aromatic heterocycles. The molecule has 0 radical (unpaired) electrons. The molecule has 1 amide bonds. The molecule has 4 aromatic carbocycles. The average Bonchev–Trinajstić information content (AvgIpc) is 3.16. The number of hydroxylamine groups is 1. The fourth-order valence-electron chi connectivity index (χ4n) is 5.48. The first kappa shape index (κ1) is 39.9. The number of hydrogen-bond acceptors (Lipinski definition) is 6. The molecular weight excluding hydrogens is 613 g/mol. The number of nitrogens with one attached hydrogen (secondary N) is 1. The number of aliphatic hydroxyl groups excluding tert-OH is 1. The van der Waals surface area contributed by atoms with E-state index in [2.05, 4.69) is 157 Å². The van der Waals surface area contributed by atoms with E-state index in [4.69, 9.17) is 10.3 Å². The van der Waals surface area contributed by atoms with E-state index in [9.17, 15) is 4.79 Å². The second kappa shape index (κ2) is 22.4. The van der Waals surface area contributed by atoms with Crippen molar-refractivity contribution in [2.45, 2.75) is 6.92 Å². The maximum Gasteiger partial charge on any atom is 2.00 e. The van der Waals surface area contributed by atoms with Gasteiger partial charge in [-0.3, -0.25) is 4.79 Å². The third kappa shape index (κ3) is 12.6. The van der Waals surface area contributed by atoms with Crippen LogP contribution in [0, 0.1) is 5.21 Å². The number of rotatable bonds is 4. The largest absolute Gasteiger partial charge is 2.00 e. The Hall–Kier alpha value is -3.16. The van der Waals surface area contributed by atoms with E-state index in [0.717, 1.165) is 19.5 Å². The molecule has 0 aliphatic carbocycles.